The van der Waals surface area contributed by atoms with Gasteiger partial charge < -0.3 is 19.3 Å². The second kappa shape index (κ2) is 8.19. The van der Waals surface area contributed by atoms with Gasteiger partial charge in [-0.1, -0.05) is 41.7 Å². The Labute approximate surface area is 180 Å². The molecule has 2 aromatic carbocycles. The molecule has 4 rings (SSSR count). The van der Waals surface area contributed by atoms with Crippen LogP contribution in [0.2, 0.25) is 0 Å². The summed E-state index contributed by atoms with van der Waals surface area (Å²) in [5.41, 5.74) is 1.09. The van der Waals surface area contributed by atoms with Crippen molar-refractivity contribution < 1.29 is 19.3 Å². The maximum atomic E-state index is 12.8. The Morgan fingerprint density at radius 2 is 1.65 bits per heavy atom. The molecule has 0 bridgehead atoms. The van der Waals surface area contributed by atoms with E-state index in [9.17, 15) is 14.7 Å². The summed E-state index contributed by atoms with van der Waals surface area (Å²) in [4.78, 5) is 27.6. The second-order valence-electron chi connectivity index (χ2n) is 6.70. The number of nitrogens with zero attached hydrogens (tertiary/aromatic N) is 1. The van der Waals surface area contributed by atoms with E-state index in [1.807, 2.05) is 30.3 Å². The summed E-state index contributed by atoms with van der Waals surface area (Å²) < 4.78 is 17.9. The predicted octanol–water partition coefficient (Wildman–Crippen LogP) is 3.20. The van der Waals surface area contributed by atoms with Crippen molar-refractivity contribution in [1.29, 1.82) is 0 Å². The monoisotopic (exact) mass is 440 g/mol. The van der Waals surface area contributed by atoms with Crippen LogP contribution < -0.4 is 25.5 Å². The van der Waals surface area contributed by atoms with Gasteiger partial charge in [0, 0.05) is 0 Å². The summed E-state index contributed by atoms with van der Waals surface area (Å²) in [7, 11) is 4.53. The Morgan fingerprint density at radius 1 is 1.00 bits per heavy atom. The van der Waals surface area contributed by atoms with Gasteiger partial charge in [-0.2, -0.15) is 0 Å². The van der Waals surface area contributed by atoms with E-state index < -0.39 is 11.2 Å². The van der Waals surface area contributed by atoms with Crippen molar-refractivity contribution in [3.63, 3.8) is 0 Å². The lowest BCUT2D eigenvalue weighted by Crippen LogP contribution is -2.30. The SMILES string of the molecule is COc1cc(Cn2c(=O)[nH]c(=O)c3sc(O)c(-c4ccccc4)c32)cc(OC)c1OC. The Hall–Kier alpha value is -3.72. The number of hydrogen-bond acceptors (Lipinski definition) is 7. The van der Waals surface area contributed by atoms with Crippen LogP contribution in [0.15, 0.2) is 52.1 Å². The molecule has 4 aromatic rings. The minimum Gasteiger partial charge on any atom is -0.499 e. The molecular formula is C22H20N2O6S. The number of aromatic amines is 1. The lowest BCUT2D eigenvalue weighted by molar-refractivity contribution is 0.323. The quantitative estimate of drug-likeness (QED) is 0.477. The molecule has 0 aliphatic carbocycles. The first-order valence-electron chi connectivity index (χ1n) is 9.31. The molecule has 0 aliphatic heterocycles. The van der Waals surface area contributed by atoms with Crippen molar-refractivity contribution >= 4 is 21.6 Å². The second-order valence-corrected chi connectivity index (χ2v) is 7.70. The number of aromatic hydroxyl groups is 1. The number of methoxy groups -OCH3 is 3. The minimum absolute atomic E-state index is 0.0315. The van der Waals surface area contributed by atoms with E-state index in [1.54, 1.807) is 12.1 Å². The fraction of sp³-hybridized carbons (Fsp3) is 0.182. The molecule has 31 heavy (non-hydrogen) atoms. The van der Waals surface area contributed by atoms with Gasteiger partial charge in [-0.25, -0.2) is 4.79 Å². The van der Waals surface area contributed by atoms with Crippen LogP contribution in [0.5, 0.6) is 22.3 Å². The Morgan fingerprint density at radius 3 is 2.23 bits per heavy atom. The average molecular weight is 440 g/mol. The largest absolute Gasteiger partial charge is 0.499 e. The van der Waals surface area contributed by atoms with Crippen LogP contribution in [0, 0.1) is 0 Å². The van der Waals surface area contributed by atoms with E-state index in [2.05, 4.69) is 4.98 Å². The van der Waals surface area contributed by atoms with Crippen LogP contribution in [0.25, 0.3) is 21.3 Å². The standard InChI is InChI=1S/C22H20N2O6S/c1-28-14-9-12(10-15(29-2)18(14)30-3)11-24-17-16(13-7-5-4-6-8-13)21(26)31-19(17)20(25)23-22(24)27/h4-10,26H,11H2,1-3H3,(H,23,25,27). The van der Waals surface area contributed by atoms with E-state index in [1.165, 1.54) is 25.9 Å². The van der Waals surface area contributed by atoms with Crippen molar-refractivity contribution in [2.75, 3.05) is 21.3 Å². The maximum absolute atomic E-state index is 12.8. The molecule has 2 heterocycles. The zero-order valence-electron chi connectivity index (χ0n) is 17.1. The molecule has 9 heteroatoms. The van der Waals surface area contributed by atoms with Crippen LogP contribution >= 0.6 is 11.3 Å². The van der Waals surface area contributed by atoms with Crippen LogP contribution in [-0.4, -0.2) is 36.0 Å². The summed E-state index contributed by atoms with van der Waals surface area (Å²) >= 11 is 0.938. The molecule has 0 amide bonds. The first-order chi connectivity index (χ1) is 15.0. The topological polar surface area (TPSA) is 103 Å². The van der Waals surface area contributed by atoms with Crippen LogP contribution in [0.3, 0.4) is 0 Å². The molecule has 8 nitrogen and oxygen atoms in total. The molecule has 0 saturated carbocycles. The Bertz CT molecular complexity index is 1350. The number of H-pyrrole nitrogens is 1. The number of nitrogens with one attached hydrogen (secondary N) is 1. The zero-order chi connectivity index (χ0) is 22.1. The summed E-state index contributed by atoms with van der Waals surface area (Å²) in [5.74, 6) is 1.33. The Balaban J connectivity index is 1.97. The highest BCUT2D eigenvalue weighted by molar-refractivity contribution is 7.21. The van der Waals surface area contributed by atoms with E-state index in [4.69, 9.17) is 14.2 Å². The minimum atomic E-state index is -0.582. The maximum Gasteiger partial charge on any atom is 0.329 e. The number of fused-ring (bicyclic) bond motifs is 1. The van der Waals surface area contributed by atoms with Crippen molar-refractivity contribution in [1.82, 2.24) is 9.55 Å². The number of aromatic nitrogens is 2. The molecule has 2 aromatic heterocycles. The highest BCUT2D eigenvalue weighted by Crippen LogP contribution is 2.42. The van der Waals surface area contributed by atoms with Gasteiger partial charge in [0.05, 0.1) is 39.0 Å². The molecule has 0 radical (unpaired) electrons. The van der Waals surface area contributed by atoms with Gasteiger partial charge in [-0.05, 0) is 23.3 Å². The summed E-state index contributed by atoms with van der Waals surface area (Å²) in [5, 5.41) is 10.6. The summed E-state index contributed by atoms with van der Waals surface area (Å²) in [6.07, 6.45) is 0. The number of benzene rings is 2. The number of ether oxygens (including phenoxy) is 3. The third kappa shape index (κ3) is 3.53. The lowest BCUT2D eigenvalue weighted by Gasteiger charge is -2.15. The van der Waals surface area contributed by atoms with Gasteiger partial charge in [-0.15, -0.1) is 0 Å². The average Bonchev–Trinajstić information content (AvgIpc) is 3.13. The smallest absolute Gasteiger partial charge is 0.329 e. The zero-order valence-corrected chi connectivity index (χ0v) is 17.9. The summed E-state index contributed by atoms with van der Waals surface area (Å²) in [6.45, 7) is 0.110. The van der Waals surface area contributed by atoms with Gasteiger partial charge in [0.25, 0.3) is 5.56 Å². The van der Waals surface area contributed by atoms with Gasteiger partial charge in [0.1, 0.15) is 4.70 Å². The fourth-order valence-electron chi connectivity index (χ4n) is 3.57. The van der Waals surface area contributed by atoms with Crippen molar-refractivity contribution in [3.05, 3.63) is 68.9 Å². The van der Waals surface area contributed by atoms with Gasteiger partial charge in [0.15, 0.2) is 16.6 Å². The van der Waals surface area contributed by atoms with Crippen LogP contribution in [0.1, 0.15) is 5.56 Å². The molecule has 0 unspecified atom stereocenters. The molecule has 0 saturated heterocycles. The Kier molecular flexibility index (Phi) is 5.43. The lowest BCUT2D eigenvalue weighted by atomic mass is 10.1. The van der Waals surface area contributed by atoms with Gasteiger partial charge >= 0.3 is 5.69 Å². The van der Waals surface area contributed by atoms with E-state index >= 15 is 0 Å². The number of thiophene rings is 1. The number of hydrogen-bond donors (Lipinski definition) is 2. The van der Waals surface area contributed by atoms with E-state index in [-0.39, 0.29) is 16.3 Å². The van der Waals surface area contributed by atoms with E-state index in [0.717, 1.165) is 11.3 Å². The molecule has 0 aliphatic rings. The predicted molar refractivity (Wildman–Crippen MR) is 119 cm³/mol. The number of rotatable bonds is 6. The molecular weight excluding hydrogens is 420 g/mol. The van der Waals surface area contributed by atoms with Gasteiger partial charge in [-0.3, -0.25) is 14.3 Å². The molecule has 0 fully saturated rings. The van der Waals surface area contributed by atoms with E-state index in [0.29, 0.717) is 39.5 Å². The molecule has 0 spiro atoms. The first-order valence-corrected chi connectivity index (χ1v) is 10.1. The highest BCUT2D eigenvalue weighted by atomic mass is 32.1. The highest BCUT2D eigenvalue weighted by Gasteiger charge is 2.21. The van der Waals surface area contributed by atoms with Gasteiger partial charge in [0.2, 0.25) is 5.75 Å². The molecule has 0 atom stereocenters. The molecule has 160 valence electrons. The van der Waals surface area contributed by atoms with Crippen LogP contribution in [-0.2, 0) is 6.54 Å². The van der Waals surface area contributed by atoms with Crippen LogP contribution in [0.4, 0.5) is 0 Å². The van der Waals surface area contributed by atoms with Crippen molar-refractivity contribution in [2.24, 2.45) is 0 Å². The molecule has 2 N–H and O–H groups in total. The van der Waals surface area contributed by atoms with Crippen molar-refractivity contribution in [2.45, 2.75) is 6.54 Å². The normalized spacial score (nSPS) is 10.9. The van der Waals surface area contributed by atoms with Crippen molar-refractivity contribution in [3.8, 4) is 33.4 Å². The first kappa shape index (κ1) is 20.5. The third-order valence-corrected chi connectivity index (χ3v) is 5.91. The third-order valence-electron chi connectivity index (χ3n) is 4.93. The fourth-order valence-corrected chi connectivity index (χ4v) is 4.53. The summed E-state index contributed by atoms with van der Waals surface area (Å²) in [6, 6.07) is 12.6.